The molecule has 0 aliphatic heterocycles. The highest BCUT2D eigenvalue weighted by atomic mass is 35.5. The Morgan fingerprint density at radius 1 is 1.47 bits per heavy atom. The van der Waals surface area contributed by atoms with E-state index in [0.29, 0.717) is 5.15 Å². The van der Waals surface area contributed by atoms with Crippen molar-refractivity contribution in [1.82, 2.24) is 19.6 Å². The molecule has 0 aromatic carbocycles. The van der Waals surface area contributed by atoms with Crippen molar-refractivity contribution < 1.29 is 0 Å². The number of hydrogen-bond donors (Lipinski definition) is 0. The number of rotatable bonds is 2. The second-order valence-electron chi connectivity index (χ2n) is 4.08. The molecule has 1 aliphatic rings. The largest absolute Gasteiger partial charge is 0.267 e. The van der Waals surface area contributed by atoms with Gasteiger partial charge in [0.2, 0.25) is 0 Å². The van der Waals surface area contributed by atoms with Crippen molar-refractivity contribution in [2.24, 2.45) is 5.92 Å². The van der Waals surface area contributed by atoms with E-state index in [1.807, 2.05) is 11.3 Å². The minimum absolute atomic E-state index is 0.477. The normalized spacial score (nSPS) is 16.1. The molecule has 3 rings (SSSR count). The highest BCUT2D eigenvalue weighted by Crippen LogP contribution is 2.32. The molecule has 0 N–H and O–H groups in total. The molecular weight excluding hydrogens is 212 g/mol. The first kappa shape index (κ1) is 9.09. The standard InChI is InChI=1S/C10H11ClN4/c1-6-12-8(11)5-10-14-13-9(15(6)10)4-7-2-3-7/h5,7H,2-4H2,1H3. The molecule has 1 aliphatic carbocycles. The van der Waals surface area contributed by atoms with Crippen LogP contribution >= 0.6 is 11.6 Å². The van der Waals surface area contributed by atoms with Crippen molar-refractivity contribution in [3.05, 3.63) is 22.9 Å². The zero-order valence-electron chi connectivity index (χ0n) is 8.44. The summed E-state index contributed by atoms with van der Waals surface area (Å²) in [6, 6.07) is 1.75. The van der Waals surface area contributed by atoms with Gasteiger partial charge in [0.05, 0.1) is 0 Å². The Kier molecular flexibility index (Phi) is 1.92. The molecule has 0 bridgehead atoms. The van der Waals surface area contributed by atoms with Crippen molar-refractivity contribution in [3.63, 3.8) is 0 Å². The van der Waals surface area contributed by atoms with Gasteiger partial charge in [-0.15, -0.1) is 10.2 Å². The van der Waals surface area contributed by atoms with Gasteiger partial charge < -0.3 is 0 Å². The van der Waals surface area contributed by atoms with E-state index in [1.165, 1.54) is 12.8 Å². The fourth-order valence-electron chi connectivity index (χ4n) is 1.83. The van der Waals surface area contributed by atoms with E-state index in [1.54, 1.807) is 6.07 Å². The van der Waals surface area contributed by atoms with Crippen LogP contribution in [0.4, 0.5) is 0 Å². The number of aromatic nitrogens is 4. The SMILES string of the molecule is Cc1nc(Cl)cc2nnc(CC3CC3)n12. The Morgan fingerprint density at radius 2 is 2.27 bits per heavy atom. The first-order chi connectivity index (χ1) is 7.24. The molecule has 0 unspecified atom stereocenters. The quantitative estimate of drug-likeness (QED) is 0.731. The van der Waals surface area contributed by atoms with Gasteiger partial charge in [-0.25, -0.2) is 4.98 Å². The van der Waals surface area contributed by atoms with Crippen LogP contribution in [0.25, 0.3) is 5.65 Å². The smallest absolute Gasteiger partial charge is 0.165 e. The summed E-state index contributed by atoms with van der Waals surface area (Å²) in [5.74, 6) is 2.67. The van der Waals surface area contributed by atoms with Gasteiger partial charge in [0.25, 0.3) is 0 Å². The topological polar surface area (TPSA) is 43.1 Å². The molecule has 2 aromatic rings. The second-order valence-corrected chi connectivity index (χ2v) is 4.47. The van der Waals surface area contributed by atoms with Crippen molar-refractivity contribution in [2.75, 3.05) is 0 Å². The molecule has 1 saturated carbocycles. The highest BCUT2D eigenvalue weighted by Gasteiger charge is 2.24. The summed E-state index contributed by atoms with van der Waals surface area (Å²) < 4.78 is 1.99. The third kappa shape index (κ3) is 1.59. The van der Waals surface area contributed by atoms with Crippen LogP contribution in [-0.2, 0) is 6.42 Å². The average molecular weight is 223 g/mol. The molecule has 0 atom stereocenters. The van der Waals surface area contributed by atoms with Gasteiger partial charge in [-0.1, -0.05) is 11.6 Å². The van der Waals surface area contributed by atoms with E-state index >= 15 is 0 Å². The van der Waals surface area contributed by atoms with Crippen LogP contribution in [0.15, 0.2) is 6.07 Å². The number of hydrogen-bond acceptors (Lipinski definition) is 3. The van der Waals surface area contributed by atoms with Crippen LogP contribution in [0.3, 0.4) is 0 Å². The zero-order chi connectivity index (χ0) is 10.4. The van der Waals surface area contributed by atoms with Gasteiger partial charge in [0.15, 0.2) is 5.65 Å². The van der Waals surface area contributed by atoms with Gasteiger partial charge in [-0.05, 0) is 25.7 Å². The van der Waals surface area contributed by atoms with E-state index in [0.717, 1.165) is 29.6 Å². The molecule has 0 saturated heterocycles. The fourth-order valence-corrected chi connectivity index (χ4v) is 2.05. The van der Waals surface area contributed by atoms with E-state index < -0.39 is 0 Å². The molecule has 2 aromatic heterocycles. The average Bonchev–Trinajstić information content (AvgIpc) is 2.87. The minimum Gasteiger partial charge on any atom is -0.267 e. The first-order valence-corrected chi connectivity index (χ1v) is 5.49. The summed E-state index contributed by atoms with van der Waals surface area (Å²) in [6.07, 6.45) is 3.63. The maximum absolute atomic E-state index is 5.86. The molecule has 0 spiro atoms. The summed E-state index contributed by atoms with van der Waals surface area (Å²) in [5.41, 5.74) is 0.795. The molecule has 0 radical (unpaired) electrons. The lowest BCUT2D eigenvalue weighted by molar-refractivity contribution is 0.746. The summed E-state index contributed by atoms with van der Waals surface area (Å²) >= 11 is 5.86. The van der Waals surface area contributed by atoms with Crippen LogP contribution in [-0.4, -0.2) is 19.6 Å². The predicted octanol–water partition coefficient (Wildman–Crippen LogP) is 2.04. The van der Waals surface area contributed by atoms with Crippen molar-refractivity contribution in [2.45, 2.75) is 26.2 Å². The second kappa shape index (κ2) is 3.17. The van der Waals surface area contributed by atoms with E-state index in [-0.39, 0.29) is 0 Å². The molecule has 4 nitrogen and oxygen atoms in total. The van der Waals surface area contributed by atoms with Crippen molar-refractivity contribution in [3.8, 4) is 0 Å². The van der Waals surface area contributed by atoms with Crippen LogP contribution < -0.4 is 0 Å². The lowest BCUT2D eigenvalue weighted by Crippen LogP contribution is -2.01. The van der Waals surface area contributed by atoms with Gasteiger partial charge in [0.1, 0.15) is 16.8 Å². The van der Waals surface area contributed by atoms with E-state index in [9.17, 15) is 0 Å². The molecule has 78 valence electrons. The molecule has 5 heteroatoms. The van der Waals surface area contributed by atoms with Crippen LogP contribution in [0.2, 0.25) is 5.15 Å². The summed E-state index contributed by atoms with van der Waals surface area (Å²) in [5, 5.41) is 8.78. The van der Waals surface area contributed by atoms with Crippen LogP contribution in [0, 0.1) is 12.8 Å². The summed E-state index contributed by atoms with van der Waals surface area (Å²) in [7, 11) is 0. The third-order valence-corrected chi connectivity index (χ3v) is 2.96. The van der Waals surface area contributed by atoms with Gasteiger partial charge in [-0.2, -0.15) is 0 Å². The van der Waals surface area contributed by atoms with Gasteiger partial charge >= 0.3 is 0 Å². The zero-order valence-corrected chi connectivity index (χ0v) is 9.20. The van der Waals surface area contributed by atoms with Gasteiger partial charge in [0, 0.05) is 12.5 Å². The summed E-state index contributed by atoms with van der Waals surface area (Å²) in [4.78, 5) is 4.21. The maximum Gasteiger partial charge on any atom is 0.165 e. The molecular formula is C10H11ClN4. The number of halogens is 1. The number of aryl methyl sites for hydroxylation is 1. The van der Waals surface area contributed by atoms with Crippen LogP contribution in [0.1, 0.15) is 24.5 Å². The Hall–Kier alpha value is -1.16. The molecule has 15 heavy (non-hydrogen) atoms. The lowest BCUT2D eigenvalue weighted by atomic mass is 10.3. The Labute approximate surface area is 92.3 Å². The predicted molar refractivity (Wildman–Crippen MR) is 57.0 cm³/mol. The van der Waals surface area contributed by atoms with Crippen LogP contribution in [0.5, 0.6) is 0 Å². The Balaban J connectivity index is 2.14. The Bertz CT molecular complexity index is 515. The minimum atomic E-state index is 0.477. The van der Waals surface area contributed by atoms with Crippen molar-refractivity contribution >= 4 is 17.2 Å². The molecule has 2 heterocycles. The summed E-state index contributed by atoms with van der Waals surface area (Å²) in [6.45, 7) is 1.93. The monoisotopic (exact) mass is 222 g/mol. The van der Waals surface area contributed by atoms with E-state index in [4.69, 9.17) is 11.6 Å². The molecule has 0 amide bonds. The number of fused-ring (bicyclic) bond motifs is 1. The van der Waals surface area contributed by atoms with Crippen molar-refractivity contribution in [1.29, 1.82) is 0 Å². The fraction of sp³-hybridized carbons (Fsp3) is 0.500. The van der Waals surface area contributed by atoms with E-state index in [2.05, 4.69) is 15.2 Å². The Morgan fingerprint density at radius 3 is 3.00 bits per heavy atom. The highest BCUT2D eigenvalue weighted by molar-refractivity contribution is 6.29. The van der Waals surface area contributed by atoms with Gasteiger partial charge in [-0.3, -0.25) is 4.40 Å². The lowest BCUT2D eigenvalue weighted by Gasteiger charge is -2.02. The molecule has 1 fully saturated rings. The maximum atomic E-state index is 5.86. The first-order valence-electron chi connectivity index (χ1n) is 5.11. The number of nitrogens with zero attached hydrogens (tertiary/aromatic N) is 4. The third-order valence-electron chi connectivity index (χ3n) is 2.76.